The number of amides is 2. The summed E-state index contributed by atoms with van der Waals surface area (Å²) < 4.78 is 5.27. The SMILES string of the molecule is CCCOCCCN1C(=O)C=C(C)C1=O. The highest BCUT2D eigenvalue weighted by molar-refractivity contribution is 6.15. The molecule has 0 N–H and O–H groups in total. The molecule has 0 aromatic heterocycles. The van der Waals surface area contributed by atoms with Crippen LogP contribution in [0.15, 0.2) is 11.6 Å². The van der Waals surface area contributed by atoms with E-state index in [0.717, 1.165) is 13.0 Å². The van der Waals surface area contributed by atoms with Crippen molar-refractivity contribution >= 4 is 11.8 Å². The zero-order valence-corrected chi connectivity index (χ0v) is 9.28. The van der Waals surface area contributed by atoms with Gasteiger partial charge in [-0.25, -0.2) is 0 Å². The van der Waals surface area contributed by atoms with Crippen LogP contribution in [0, 0.1) is 0 Å². The van der Waals surface area contributed by atoms with E-state index in [1.165, 1.54) is 11.0 Å². The predicted octanol–water partition coefficient (Wildman–Crippen LogP) is 1.12. The maximum absolute atomic E-state index is 11.4. The molecule has 84 valence electrons. The van der Waals surface area contributed by atoms with Crippen molar-refractivity contribution in [1.82, 2.24) is 4.90 Å². The van der Waals surface area contributed by atoms with Gasteiger partial charge in [0, 0.05) is 31.4 Å². The molecule has 4 nitrogen and oxygen atoms in total. The van der Waals surface area contributed by atoms with Crippen LogP contribution in [-0.4, -0.2) is 36.5 Å². The van der Waals surface area contributed by atoms with Gasteiger partial charge in [-0.05, 0) is 19.8 Å². The minimum atomic E-state index is -0.201. The van der Waals surface area contributed by atoms with Crippen LogP contribution in [0.3, 0.4) is 0 Å². The molecular weight excluding hydrogens is 194 g/mol. The lowest BCUT2D eigenvalue weighted by molar-refractivity contribution is -0.137. The molecule has 4 heteroatoms. The highest BCUT2D eigenvalue weighted by Gasteiger charge is 2.27. The minimum absolute atomic E-state index is 0.171. The van der Waals surface area contributed by atoms with Crippen LogP contribution in [0.5, 0.6) is 0 Å². The number of ether oxygens (including phenoxy) is 1. The van der Waals surface area contributed by atoms with Gasteiger partial charge in [0.05, 0.1) is 0 Å². The second kappa shape index (κ2) is 5.66. The van der Waals surface area contributed by atoms with Gasteiger partial charge >= 0.3 is 0 Å². The van der Waals surface area contributed by atoms with Crippen LogP contribution in [0.2, 0.25) is 0 Å². The molecule has 0 spiro atoms. The fourth-order valence-corrected chi connectivity index (χ4v) is 1.42. The van der Waals surface area contributed by atoms with E-state index in [9.17, 15) is 9.59 Å². The lowest BCUT2D eigenvalue weighted by Gasteiger charge is -2.13. The van der Waals surface area contributed by atoms with E-state index in [0.29, 0.717) is 25.1 Å². The van der Waals surface area contributed by atoms with Crippen molar-refractivity contribution in [2.24, 2.45) is 0 Å². The number of carbonyl (C=O) groups excluding carboxylic acids is 2. The third kappa shape index (κ3) is 3.16. The molecular formula is C11H17NO3. The first kappa shape index (κ1) is 11.9. The molecule has 0 saturated heterocycles. The first-order chi connectivity index (χ1) is 7.16. The van der Waals surface area contributed by atoms with Crippen molar-refractivity contribution in [1.29, 1.82) is 0 Å². The van der Waals surface area contributed by atoms with E-state index >= 15 is 0 Å². The lowest BCUT2D eigenvalue weighted by Crippen LogP contribution is -2.32. The first-order valence-corrected chi connectivity index (χ1v) is 5.28. The fourth-order valence-electron chi connectivity index (χ4n) is 1.42. The van der Waals surface area contributed by atoms with Gasteiger partial charge in [0.25, 0.3) is 11.8 Å². The first-order valence-electron chi connectivity index (χ1n) is 5.28. The van der Waals surface area contributed by atoms with Crippen molar-refractivity contribution in [3.05, 3.63) is 11.6 Å². The molecule has 1 aliphatic heterocycles. The molecule has 0 aromatic rings. The molecule has 0 saturated carbocycles. The Bertz CT molecular complexity index is 284. The summed E-state index contributed by atoms with van der Waals surface area (Å²) in [6.45, 7) is 5.49. The van der Waals surface area contributed by atoms with Gasteiger partial charge < -0.3 is 4.74 Å². The van der Waals surface area contributed by atoms with Crippen molar-refractivity contribution in [2.75, 3.05) is 19.8 Å². The van der Waals surface area contributed by atoms with Gasteiger partial charge in [-0.3, -0.25) is 14.5 Å². The summed E-state index contributed by atoms with van der Waals surface area (Å²) in [6.07, 6.45) is 3.08. The third-order valence-electron chi connectivity index (χ3n) is 2.21. The van der Waals surface area contributed by atoms with Gasteiger partial charge in [0.1, 0.15) is 0 Å². The maximum atomic E-state index is 11.4. The molecule has 0 fully saturated rings. The van der Waals surface area contributed by atoms with Crippen LogP contribution in [0.25, 0.3) is 0 Å². The Kier molecular flexibility index (Phi) is 4.49. The van der Waals surface area contributed by atoms with Gasteiger partial charge in [-0.2, -0.15) is 0 Å². The van der Waals surface area contributed by atoms with Crippen LogP contribution in [0.1, 0.15) is 26.7 Å². The number of hydrogen-bond acceptors (Lipinski definition) is 3. The third-order valence-corrected chi connectivity index (χ3v) is 2.21. The summed E-state index contributed by atoms with van der Waals surface area (Å²) in [5, 5.41) is 0. The van der Waals surface area contributed by atoms with Crippen molar-refractivity contribution in [2.45, 2.75) is 26.7 Å². The molecule has 0 unspecified atom stereocenters. The van der Waals surface area contributed by atoms with Crippen molar-refractivity contribution in [3.8, 4) is 0 Å². The Morgan fingerprint density at radius 2 is 2.07 bits per heavy atom. The van der Waals surface area contributed by atoms with Crippen LogP contribution < -0.4 is 0 Å². The summed E-state index contributed by atoms with van der Waals surface area (Å²) in [5.41, 5.74) is 0.523. The Morgan fingerprint density at radius 3 is 2.60 bits per heavy atom. The van der Waals surface area contributed by atoms with E-state index in [1.807, 2.05) is 6.92 Å². The second-order valence-electron chi connectivity index (χ2n) is 3.59. The summed E-state index contributed by atoms with van der Waals surface area (Å²) in [5.74, 6) is -0.372. The van der Waals surface area contributed by atoms with E-state index in [-0.39, 0.29) is 11.8 Å². The van der Waals surface area contributed by atoms with E-state index in [4.69, 9.17) is 4.74 Å². The Morgan fingerprint density at radius 1 is 1.33 bits per heavy atom. The molecule has 0 radical (unpaired) electrons. The zero-order chi connectivity index (χ0) is 11.3. The summed E-state index contributed by atoms with van der Waals surface area (Å²) in [4.78, 5) is 24.0. The minimum Gasteiger partial charge on any atom is -0.381 e. The average Bonchev–Trinajstić information content (AvgIpc) is 2.44. The Hall–Kier alpha value is -1.16. The summed E-state index contributed by atoms with van der Waals surface area (Å²) in [7, 11) is 0. The molecule has 1 aliphatic rings. The van der Waals surface area contributed by atoms with E-state index in [1.54, 1.807) is 6.92 Å². The number of imide groups is 1. The van der Waals surface area contributed by atoms with Gasteiger partial charge in [-0.1, -0.05) is 6.92 Å². The van der Waals surface area contributed by atoms with E-state index in [2.05, 4.69) is 0 Å². The normalized spacial score (nSPS) is 16.1. The molecule has 0 aromatic carbocycles. The molecule has 2 amide bonds. The van der Waals surface area contributed by atoms with Gasteiger partial charge in [0.15, 0.2) is 0 Å². The number of rotatable bonds is 6. The standard InChI is InChI=1S/C11H17NO3/c1-3-6-15-7-4-5-12-10(13)8-9(2)11(12)14/h8H,3-7H2,1-2H3. The van der Waals surface area contributed by atoms with Crippen molar-refractivity contribution < 1.29 is 14.3 Å². The Balaban J connectivity index is 2.23. The van der Waals surface area contributed by atoms with Crippen LogP contribution in [0.4, 0.5) is 0 Å². The monoisotopic (exact) mass is 211 g/mol. The fraction of sp³-hybridized carbons (Fsp3) is 0.636. The predicted molar refractivity (Wildman–Crippen MR) is 56.2 cm³/mol. The largest absolute Gasteiger partial charge is 0.381 e. The second-order valence-corrected chi connectivity index (χ2v) is 3.59. The van der Waals surface area contributed by atoms with Gasteiger partial charge in [-0.15, -0.1) is 0 Å². The molecule has 15 heavy (non-hydrogen) atoms. The van der Waals surface area contributed by atoms with Crippen LogP contribution in [-0.2, 0) is 14.3 Å². The highest BCUT2D eigenvalue weighted by atomic mass is 16.5. The number of carbonyl (C=O) groups is 2. The maximum Gasteiger partial charge on any atom is 0.256 e. The smallest absolute Gasteiger partial charge is 0.256 e. The molecule has 0 atom stereocenters. The average molecular weight is 211 g/mol. The lowest BCUT2D eigenvalue weighted by atomic mass is 10.3. The highest BCUT2D eigenvalue weighted by Crippen LogP contribution is 2.11. The molecule has 0 aliphatic carbocycles. The molecule has 0 bridgehead atoms. The Labute approximate surface area is 89.9 Å². The molecule has 1 rings (SSSR count). The zero-order valence-electron chi connectivity index (χ0n) is 9.28. The van der Waals surface area contributed by atoms with Crippen molar-refractivity contribution in [3.63, 3.8) is 0 Å². The van der Waals surface area contributed by atoms with Crippen LogP contribution >= 0.6 is 0 Å². The number of hydrogen-bond donors (Lipinski definition) is 0. The summed E-state index contributed by atoms with van der Waals surface area (Å²) in [6, 6.07) is 0. The number of nitrogens with zero attached hydrogens (tertiary/aromatic N) is 1. The van der Waals surface area contributed by atoms with Gasteiger partial charge in [0.2, 0.25) is 0 Å². The topological polar surface area (TPSA) is 46.6 Å². The quantitative estimate of drug-likeness (QED) is 0.488. The molecule has 1 heterocycles. The van der Waals surface area contributed by atoms with E-state index < -0.39 is 0 Å². The summed E-state index contributed by atoms with van der Waals surface area (Å²) >= 11 is 0.